The van der Waals surface area contributed by atoms with Crippen LogP contribution in [0.3, 0.4) is 0 Å². The lowest BCUT2D eigenvalue weighted by molar-refractivity contribution is 0.0775. The molecule has 26 heavy (non-hydrogen) atoms. The maximum Gasteiger partial charge on any atom is 0.123 e. The zero-order chi connectivity index (χ0) is 18.1. The summed E-state index contributed by atoms with van der Waals surface area (Å²) in [5.74, 6) is -0.215. The Morgan fingerprint density at radius 2 is 1.77 bits per heavy atom. The molecule has 0 saturated carbocycles. The maximum absolute atomic E-state index is 13.2. The quantitative estimate of drug-likeness (QED) is 0.888. The highest BCUT2D eigenvalue weighted by Crippen LogP contribution is 2.28. The van der Waals surface area contributed by atoms with Crippen molar-refractivity contribution < 1.29 is 9.50 Å². The lowest BCUT2D eigenvalue weighted by Crippen LogP contribution is -2.47. The molecule has 0 unspecified atom stereocenters. The number of piperazine rings is 1. The average molecular weight is 358 g/mol. The number of β-amino-alcohol motifs (C(OH)–C–C–N with tert-alkyl or cyclic N) is 1. The third-order valence-corrected chi connectivity index (χ3v) is 5.45. The molecule has 0 bridgehead atoms. The Bertz CT molecular complexity index is 748. The van der Waals surface area contributed by atoms with Crippen LogP contribution in [0.25, 0.3) is 5.69 Å². The highest BCUT2D eigenvalue weighted by molar-refractivity contribution is 5.40. The van der Waals surface area contributed by atoms with Crippen LogP contribution in [-0.4, -0.2) is 63.5 Å². The van der Waals surface area contributed by atoms with E-state index in [1.807, 2.05) is 11.6 Å². The summed E-state index contributed by atoms with van der Waals surface area (Å²) >= 11 is 0. The summed E-state index contributed by atoms with van der Waals surface area (Å²) < 4.78 is 15.3. The Balaban J connectivity index is 1.48. The molecule has 2 heterocycles. The number of fused-ring (bicyclic) bond motifs is 1. The summed E-state index contributed by atoms with van der Waals surface area (Å²) in [6, 6.07) is 6.61. The Kier molecular flexibility index (Phi) is 5.07. The molecule has 1 saturated heterocycles. The Labute approximate surface area is 154 Å². The first-order valence-corrected chi connectivity index (χ1v) is 9.58. The second-order valence-electron chi connectivity index (χ2n) is 7.54. The minimum Gasteiger partial charge on any atom is -0.392 e. The van der Waals surface area contributed by atoms with Crippen LogP contribution in [0, 0.1) is 5.82 Å². The van der Waals surface area contributed by atoms with E-state index in [-0.39, 0.29) is 11.9 Å². The fourth-order valence-corrected chi connectivity index (χ4v) is 4.15. The van der Waals surface area contributed by atoms with Crippen molar-refractivity contribution in [1.29, 1.82) is 0 Å². The number of halogens is 1. The summed E-state index contributed by atoms with van der Waals surface area (Å²) in [5.41, 5.74) is 4.79. The van der Waals surface area contributed by atoms with Crippen molar-refractivity contribution in [2.24, 2.45) is 0 Å². The van der Waals surface area contributed by atoms with E-state index in [1.165, 1.54) is 35.5 Å². The Morgan fingerprint density at radius 1 is 1.08 bits per heavy atom. The second kappa shape index (κ2) is 7.47. The molecule has 6 heteroatoms. The SMILES string of the molecule is C[C@H](O)CN1CCN(Cc2nn(-c3ccc(F)cc3)c3c2CCC3)CC1. The van der Waals surface area contributed by atoms with Crippen LogP contribution in [0.15, 0.2) is 24.3 Å². The van der Waals surface area contributed by atoms with Crippen molar-refractivity contribution in [3.8, 4) is 5.69 Å². The molecule has 1 fully saturated rings. The van der Waals surface area contributed by atoms with E-state index in [0.29, 0.717) is 0 Å². The molecule has 1 aromatic heterocycles. The van der Waals surface area contributed by atoms with Gasteiger partial charge in [0, 0.05) is 45.0 Å². The van der Waals surface area contributed by atoms with Crippen LogP contribution in [0.2, 0.25) is 0 Å². The van der Waals surface area contributed by atoms with Gasteiger partial charge in [0.25, 0.3) is 0 Å². The Morgan fingerprint density at radius 3 is 2.46 bits per heavy atom. The number of benzene rings is 1. The van der Waals surface area contributed by atoms with Gasteiger partial charge in [0.1, 0.15) is 5.82 Å². The molecule has 140 valence electrons. The number of rotatable bonds is 5. The van der Waals surface area contributed by atoms with Crippen LogP contribution in [0.5, 0.6) is 0 Å². The fraction of sp³-hybridized carbons (Fsp3) is 0.550. The van der Waals surface area contributed by atoms with Gasteiger partial charge in [-0.15, -0.1) is 0 Å². The second-order valence-corrected chi connectivity index (χ2v) is 7.54. The van der Waals surface area contributed by atoms with Gasteiger partial charge in [0.05, 0.1) is 17.5 Å². The molecule has 1 N–H and O–H groups in total. The highest BCUT2D eigenvalue weighted by Gasteiger charge is 2.25. The van der Waals surface area contributed by atoms with Crippen LogP contribution < -0.4 is 0 Å². The molecule has 0 spiro atoms. The Hall–Kier alpha value is -1.76. The highest BCUT2D eigenvalue weighted by atomic mass is 19.1. The van der Waals surface area contributed by atoms with E-state index in [4.69, 9.17) is 5.10 Å². The summed E-state index contributed by atoms with van der Waals surface area (Å²) in [5, 5.41) is 14.4. The number of nitrogens with zero attached hydrogens (tertiary/aromatic N) is 4. The van der Waals surface area contributed by atoms with Crippen molar-refractivity contribution >= 4 is 0 Å². The molecule has 0 radical (unpaired) electrons. The van der Waals surface area contributed by atoms with Crippen LogP contribution in [-0.2, 0) is 19.4 Å². The largest absolute Gasteiger partial charge is 0.392 e. The van der Waals surface area contributed by atoms with Gasteiger partial charge in [-0.1, -0.05) is 0 Å². The van der Waals surface area contributed by atoms with Gasteiger partial charge in [0.2, 0.25) is 0 Å². The molecule has 4 rings (SSSR count). The van der Waals surface area contributed by atoms with Gasteiger partial charge in [-0.25, -0.2) is 9.07 Å². The predicted molar refractivity (Wildman–Crippen MR) is 98.9 cm³/mol. The molecule has 1 aliphatic carbocycles. The van der Waals surface area contributed by atoms with Crippen molar-refractivity contribution in [3.05, 3.63) is 47.0 Å². The van der Waals surface area contributed by atoms with Gasteiger partial charge in [0.15, 0.2) is 0 Å². The standard InChI is InChI=1S/C20H27FN4O/c1-15(26)13-23-9-11-24(12-10-23)14-19-18-3-2-4-20(18)25(22-19)17-7-5-16(21)6-8-17/h5-8,15,26H,2-4,9-14H2,1H3/t15-/m0/s1. The van der Waals surface area contributed by atoms with Gasteiger partial charge in [-0.05, 0) is 56.0 Å². The van der Waals surface area contributed by atoms with Gasteiger partial charge in [-0.2, -0.15) is 5.10 Å². The van der Waals surface area contributed by atoms with Gasteiger partial charge < -0.3 is 5.11 Å². The molecule has 2 aromatic rings. The maximum atomic E-state index is 13.2. The zero-order valence-electron chi connectivity index (χ0n) is 15.4. The van der Waals surface area contributed by atoms with Crippen molar-refractivity contribution in [2.75, 3.05) is 32.7 Å². The molecular weight excluding hydrogens is 331 g/mol. The molecule has 1 aliphatic heterocycles. The normalized spacial score (nSPS) is 19.7. The molecular formula is C20H27FN4O. The summed E-state index contributed by atoms with van der Waals surface area (Å²) in [6.07, 6.45) is 3.04. The lowest BCUT2D eigenvalue weighted by Gasteiger charge is -2.35. The topological polar surface area (TPSA) is 44.5 Å². The van der Waals surface area contributed by atoms with Crippen LogP contribution >= 0.6 is 0 Å². The fourth-order valence-electron chi connectivity index (χ4n) is 4.15. The molecule has 2 aliphatic rings. The first kappa shape index (κ1) is 17.6. The van der Waals surface area contributed by atoms with Gasteiger partial charge >= 0.3 is 0 Å². The third kappa shape index (κ3) is 3.68. The van der Waals surface area contributed by atoms with Crippen molar-refractivity contribution in [2.45, 2.75) is 38.8 Å². The van der Waals surface area contributed by atoms with E-state index in [2.05, 4.69) is 9.80 Å². The monoisotopic (exact) mass is 358 g/mol. The van der Waals surface area contributed by atoms with E-state index in [9.17, 15) is 9.50 Å². The average Bonchev–Trinajstić information content (AvgIpc) is 3.21. The molecule has 1 aromatic carbocycles. The molecule has 1 atom stereocenters. The van der Waals surface area contributed by atoms with E-state index < -0.39 is 0 Å². The first-order chi connectivity index (χ1) is 12.6. The van der Waals surface area contributed by atoms with E-state index in [1.54, 1.807) is 12.1 Å². The van der Waals surface area contributed by atoms with Crippen LogP contribution in [0.4, 0.5) is 4.39 Å². The number of aliphatic hydroxyl groups excluding tert-OH is 1. The zero-order valence-corrected chi connectivity index (χ0v) is 15.4. The van der Waals surface area contributed by atoms with E-state index in [0.717, 1.165) is 57.8 Å². The third-order valence-electron chi connectivity index (χ3n) is 5.45. The van der Waals surface area contributed by atoms with E-state index >= 15 is 0 Å². The smallest absolute Gasteiger partial charge is 0.123 e. The summed E-state index contributed by atoms with van der Waals surface area (Å²) in [6.45, 7) is 7.46. The molecule has 5 nitrogen and oxygen atoms in total. The van der Waals surface area contributed by atoms with Crippen molar-refractivity contribution in [1.82, 2.24) is 19.6 Å². The summed E-state index contributed by atoms with van der Waals surface area (Å²) in [4.78, 5) is 4.77. The number of hydrogen-bond donors (Lipinski definition) is 1. The van der Waals surface area contributed by atoms with Crippen LogP contribution in [0.1, 0.15) is 30.3 Å². The minimum atomic E-state index is -0.267. The number of aromatic nitrogens is 2. The first-order valence-electron chi connectivity index (χ1n) is 9.58. The number of aliphatic hydroxyl groups is 1. The van der Waals surface area contributed by atoms with Crippen molar-refractivity contribution in [3.63, 3.8) is 0 Å². The van der Waals surface area contributed by atoms with Gasteiger partial charge in [-0.3, -0.25) is 9.80 Å². The number of hydrogen-bond acceptors (Lipinski definition) is 4. The minimum absolute atomic E-state index is 0.215. The molecule has 0 amide bonds. The summed E-state index contributed by atoms with van der Waals surface area (Å²) in [7, 11) is 0. The predicted octanol–water partition coefficient (Wildman–Crippen LogP) is 2.00. The lowest BCUT2D eigenvalue weighted by atomic mass is 10.2.